The van der Waals surface area contributed by atoms with E-state index in [1.807, 2.05) is 12.2 Å². The van der Waals surface area contributed by atoms with Gasteiger partial charge >= 0.3 is 0 Å². The van der Waals surface area contributed by atoms with E-state index in [0.717, 1.165) is 25.7 Å². The molecule has 2 amide bonds. The molecule has 5 nitrogen and oxygen atoms in total. The van der Waals surface area contributed by atoms with Crippen LogP contribution in [0.15, 0.2) is 12.2 Å². The maximum Gasteiger partial charge on any atom is 0.236 e. The smallest absolute Gasteiger partial charge is 0.236 e. The van der Waals surface area contributed by atoms with Crippen molar-refractivity contribution in [2.45, 2.75) is 37.9 Å². The van der Waals surface area contributed by atoms with Crippen LogP contribution >= 0.6 is 0 Å². The Kier molecular flexibility index (Phi) is 3.41. The van der Waals surface area contributed by atoms with Crippen LogP contribution in [-0.2, 0) is 14.3 Å². The number of nitrogens with zero attached hydrogens (tertiary/aromatic N) is 1. The summed E-state index contributed by atoms with van der Waals surface area (Å²) in [6.45, 7) is 0.716. The number of carbonyl (C=O) groups is 2. The van der Waals surface area contributed by atoms with Crippen molar-refractivity contribution in [3.63, 3.8) is 0 Å². The molecular formula is C14H19NO4. The third-order valence-corrected chi connectivity index (χ3v) is 4.29. The zero-order valence-electron chi connectivity index (χ0n) is 10.8. The number of unbranched alkanes of at least 4 members (excludes halogenated alkanes) is 3. The molecule has 4 atom stereocenters. The van der Waals surface area contributed by atoms with Crippen LogP contribution in [0.1, 0.15) is 25.7 Å². The average Bonchev–Trinajstić information content (AvgIpc) is 3.06. The van der Waals surface area contributed by atoms with Crippen molar-refractivity contribution in [3.05, 3.63) is 12.2 Å². The quantitative estimate of drug-likeness (QED) is 0.431. The average molecular weight is 265 g/mol. The molecule has 0 saturated carbocycles. The lowest BCUT2D eigenvalue weighted by Crippen LogP contribution is -2.35. The lowest BCUT2D eigenvalue weighted by molar-refractivity contribution is -0.142. The number of ether oxygens (including phenoxy) is 1. The van der Waals surface area contributed by atoms with Crippen LogP contribution in [0.3, 0.4) is 0 Å². The highest BCUT2D eigenvalue weighted by molar-refractivity contribution is 6.06. The van der Waals surface area contributed by atoms with Crippen molar-refractivity contribution >= 4 is 11.8 Å². The van der Waals surface area contributed by atoms with E-state index in [4.69, 9.17) is 9.84 Å². The number of imide groups is 1. The number of aliphatic hydroxyl groups is 1. The van der Waals surface area contributed by atoms with E-state index in [1.165, 1.54) is 4.90 Å². The van der Waals surface area contributed by atoms with Gasteiger partial charge in [0.1, 0.15) is 0 Å². The Morgan fingerprint density at radius 3 is 2.16 bits per heavy atom. The van der Waals surface area contributed by atoms with Crippen molar-refractivity contribution < 1.29 is 19.4 Å². The van der Waals surface area contributed by atoms with Gasteiger partial charge in [0.25, 0.3) is 0 Å². The molecule has 0 spiro atoms. The van der Waals surface area contributed by atoms with Crippen molar-refractivity contribution in [2.24, 2.45) is 11.8 Å². The van der Waals surface area contributed by atoms with Gasteiger partial charge in [-0.25, -0.2) is 0 Å². The Bertz CT molecular complexity index is 390. The molecule has 0 aromatic rings. The highest BCUT2D eigenvalue weighted by Gasteiger charge is 2.60. The van der Waals surface area contributed by atoms with E-state index >= 15 is 0 Å². The van der Waals surface area contributed by atoms with E-state index in [-0.39, 0.29) is 42.5 Å². The summed E-state index contributed by atoms with van der Waals surface area (Å²) in [6.07, 6.45) is 6.92. The van der Waals surface area contributed by atoms with Crippen LogP contribution in [0.2, 0.25) is 0 Å². The van der Waals surface area contributed by atoms with Crippen LogP contribution in [0.4, 0.5) is 0 Å². The Morgan fingerprint density at radius 2 is 1.58 bits per heavy atom. The summed E-state index contributed by atoms with van der Waals surface area (Å²) in [7, 11) is 0. The number of fused-ring (bicyclic) bond motifs is 5. The van der Waals surface area contributed by atoms with Gasteiger partial charge in [0.15, 0.2) is 0 Å². The zero-order chi connectivity index (χ0) is 13.4. The van der Waals surface area contributed by atoms with Gasteiger partial charge in [-0.15, -0.1) is 0 Å². The van der Waals surface area contributed by atoms with Gasteiger partial charge in [-0.05, 0) is 12.8 Å². The molecule has 0 aromatic heterocycles. The fourth-order valence-corrected chi connectivity index (χ4v) is 3.32. The van der Waals surface area contributed by atoms with Gasteiger partial charge in [-0.2, -0.15) is 0 Å². The van der Waals surface area contributed by atoms with Gasteiger partial charge < -0.3 is 9.84 Å². The highest BCUT2D eigenvalue weighted by Crippen LogP contribution is 2.45. The monoisotopic (exact) mass is 265 g/mol. The molecule has 0 aliphatic carbocycles. The molecule has 104 valence electrons. The number of hydrogen-bond acceptors (Lipinski definition) is 4. The molecule has 3 heterocycles. The van der Waals surface area contributed by atoms with E-state index in [0.29, 0.717) is 6.54 Å². The number of carbonyl (C=O) groups excluding carboxylic acids is 2. The zero-order valence-corrected chi connectivity index (χ0v) is 10.8. The molecule has 0 aromatic carbocycles. The molecule has 1 N–H and O–H groups in total. The largest absolute Gasteiger partial charge is 0.396 e. The maximum atomic E-state index is 12.3. The molecule has 3 aliphatic rings. The minimum Gasteiger partial charge on any atom is -0.396 e. The molecule has 0 radical (unpaired) electrons. The first-order chi connectivity index (χ1) is 9.24. The summed E-state index contributed by atoms with van der Waals surface area (Å²) in [4.78, 5) is 25.9. The normalized spacial score (nSPS) is 35.5. The second-order valence-corrected chi connectivity index (χ2v) is 5.47. The van der Waals surface area contributed by atoms with Crippen LogP contribution < -0.4 is 0 Å². The molecule has 19 heavy (non-hydrogen) atoms. The topological polar surface area (TPSA) is 66.8 Å². The van der Waals surface area contributed by atoms with Gasteiger partial charge in [0.05, 0.1) is 24.0 Å². The van der Waals surface area contributed by atoms with Crippen molar-refractivity contribution in [3.8, 4) is 0 Å². The minimum atomic E-state index is -0.278. The summed E-state index contributed by atoms with van der Waals surface area (Å²) in [5, 5.41) is 8.70. The van der Waals surface area contributed by atoms with E-state index < -0.39 is 0 Å². The SMILES string of the molecule is O=C1C2C3C=CC(O3)C2C(=O)N1CCCCCCO. The Hall–Kier alpha value is -1.20. The van der Waals surface area contributed by atoms with Crippen molar-refractivity contribution in [1.29, 1.82) is 0 Å². The number of likely N-dealkylation sites (tertiary alicyclic amines) is 1. The van der Waals surface area contributed by atoms with Crippen LogP contribution in [0, 0.1) is 11.8 Å². The standard InChI is InChI=1S/C14H19NO4/c16-8-4-2-1-3-7-15-13(17)11-9-5-6-10(19-9)12(11)14(15)18/h5-6,9-12,16H,1-4,7-8H2. The summed E-state index contributed by atoms with van der Waals surface area (Å²) >= 11 is 0. The van der Waals surface area contributed by atoms with E-state index in [2.05, 4.69) is 0 Å². The summed E-state index contributed by atoms with van der Waals surface area (Å²) in [5.74, 6) is -0.678. The highest BCUT2D eigenvalue weighted by atomic mass is 16.5. The van der Waals surface area contributed by atoms with Gasteiger partial charge in [0, 0.05) is 13.2 Å². The predicted molar refractivity (Wildman–Crippen MR) is 67.1 cm³/mol. The van der Waals surface area contributed by atoms with Crippen LogP contribution in [0.5, 0.6) is 0 Å². The number of rotatable bonds is 6. The Morgan fingerprint density at radius 1 is 1.00 bits per heavy atom. The van der Waals surface area contributed by atoms with Gasteiger partial charge in [-0.1, -0.05) is 25.0 Å². The van der Waals surface area contributed by atoms with Crippen LogP contribution in [0.25, 0.3) is 0 Å². The lowest BCUT2D eigenvalue weighted by atomic mass is 9.85. The second kappa shape index (κ2) is 5.06. The fourth-order valence-electron chi connectivity index (χ4n) is 3.32. The van der Waals surface area contributed by atoms with Gasteiger partial charge in [0.2, 0.25) is 11.8 Å². The molecular weight excluding hydrogens is 246 g/mol. The summed E-state index contributed by atoms with van der Waals surface area (Å²) < 4.78 is 5.58. The first-order valence-electron chi connectivity index (χ1n) is 7.04. The Balaban J connectivity index is 1.57. The minimum absolute atomic E-state index is 0.0611. The molecule has 2 fully saturated rings. The number of amides is 2. The molecule has 5 heteroatoms. The molecule has 3 rings (SSSR count). The fraction of sp³-hybridized carbons (Fsp3) is 0.714. The third kappa shape index (κ3) is 2.01. The first-order valence-corrected chi connectivity index (χ1v) is 7.04. The van der Waals surface area contributed by atoms with E-state index in [1.54, 1.807) is 0 Å². The van der Waals surface area contributed by atoms with Gasteiger partial charge in [-0.3, -0.25) is 14.5 Å². The molecule has 4 unspecified atom stereocenters. The van der Waals surface area contributed by atoms with E-state index in [9.17, 15) is 9.59 Å². The molecule has 2 saturated heterocycles. The predicted octanol–water partition coefficient (Wildman–Crippen LogP) is 0.477. The third-order valence-electron chi connectivity index (χ3n) is 4.29. The number of aliphatic hydroxyl groups excluding tert-OH is 1. The summed E-state index contributed by atoms with van der Waals surface area (Å²) in [6, 6.07) is 0. The molecule has 3 aliphatic heterocycles. The lowest BCUT2D eigenvalue weighted by Gasteiger charge is -2.17. The van der Waals surface area contributed by atoms with Crippen LogP contribution in [-0.4, -0.2) is 47.2 Å². The first kappa shape index (κ1) is 12.8. The molecule has 2 bridgehead atoms. The second-order valence-electron chi connectivity index (χ2n) is 5.47. The number of hydrogen-bond donors (Lipinski definition) is 1. The maximum absolute atomic E-state index is 12.3. The summed E-state index contributed by atoms with van der Waals surface area (Å²) in [5.41, 5.74) is 0. The van der Waals surface area contributed by atoms with Crippen molar-refractivity contribution in [2.75, 3.05) is 13.2 Å². The Labute approximate surface area is 112 Å². The van der Waals surface area contributed by atoms with Crippen molar-refractivity contribution in [1.82, 2.24) is 4.90 Å².